The van der Waals surface area contributed by atoms with E-state index in [0.29, 0.717) is 15.1 Å². The maximum atomic E-state index is 12.6. The molecule has 4 aromatic rings. The van der Waals surface area contributed by atoms with Crippen LogP contribution in [0.4, 0.5) is 0 Å². The van der Waals surface area contributed by atoms with Crippen LogP contribution < -0.4 is 10.9 Å². The second kappa shape index (κ2) is 6.03. The van der Waals surface area contributed by atoms with Crippen molar-refractivity contribution in [3.8, 4) is 0 Å². The first-order valence-corrected chi connectivity index (χ1v) is 9.67. The van der Waals surface area contributed by atoms with Gasteiger partial charge in [0, 0.05) is 12.4 Å². The van der Waals surface area contributed by atoms with Gasteiger partial charge in [-0.2, -0.15) is 5.10 Å². The summed E-state index contributed by atoms with van der Waals surface area (Å²) in [7, 11) is 1.85. The van der Waals surface area contributed by atoms with Crippen molar-refractivity contribution in [3.63, 3.8) is 0 Å². The zero-order valence-corrected chi connectivity index (χ0v) is 16.2. The van der Waals surface area contributed by atoms with Gasteiger partial charge in [-0.1, -0.05) is 0 Å². The monoisotopic (exact) mass is 388 g/mol. The molecular weight excluding hydrogens is 372 g/mol. The number of carbonyl (C=O) groups excluding carboxylic acids is 1. The Hall–Kier alpha value is -2.52. The van der Waals surface area contributed by atoms with Gasteiger partial charge in [0.25, 0.3) is 5.91 Å². The molecule has 0 saturated carbocycles. The van der Waals surface area contributed by atoms with E-state index < -0.39 is 11.7 Å². The summed E-state index contributed by atoms with van der Waals surface area (Å²) < 4.78 is 7.09. The van der Waals surface area contributed by atoms with Crippen LogP contribution in [0.2, 0.25) is 0 Å². The molecule has 0 saturated heterocycles. The highest BCUT2D eigenvalue weighted by atomic mass is 32.1. The highest BCUT2D eigenvalue weighted by molar-refractivity contribution is 7.20. The smallest absolute Gasteiger partial charge is 0.348 e. The minimum Gasteiger partial charge on any atom is -0.406 e. The molecule has 134 valence electrons. The zero-order valence-electron chi connectivity index (χ0n) is 14.6. The first-order chi connectivity index (χ1) is 12.3. The van der Waals surface area contributed by atoms with E-state index >= 15 is 0 Å². The van der Waals surface area contributed by atoms with Gasteiger partial charge in [-0.15, -0.1) is 22.7 Å². The van der Waals surface area contributed by atoms with Gasteiger partial charge >= 0.3 is 5.63 Å². The number of aryl methyl sites for hydroxylation is 3. The fraction of sp³-hybridized carbons (Fsp3) is 0.294. The molecule has 9 heteroatoms. The summed E-state index contributed by atoms with van der Waals surface area (Å²) in [6.45, 7) is 5.51. The van der Waals surface area contributed by atoms with Crippen molar-refractivity contribution in [3.05, 3.63) is 43.9 Å². The molecule has 0 bridgehead atoms. The van der Waals surface area contributed by atoms with Crippen molar-refractivity contribution in [1.29, 1.82) is 0 Å². The van der Waals surface area contributed by atoms with Crippen LogP contribution in [0.1, 0.15) is 39.8 Å². The van der Waals surface area contributed by atoms with Crippen molar-refractivity contribution >= 4 is 49.0 Å². The molecule has 0 fully saturated rings. The van der Waals surface area contributed by atoms with Crippen molar-refractivity contribution in [2.24, 2.45) is 7.05 Å². The highest BCUT2D eigenvalue weighted by Gasteiger charge is 2.20. The van der Waals surface area contributed by atoms with E-state index in [1.165, 1.54) is 22.7 Å². The molecule has 1 amide bonds. The minimum absolute atomic E-state index is 0.205. The first-order valence-electron chi connectivity index (χ1n) is 7.98. The Labute approximate surface area is 156 Å². The standard InChI is InChI=1S/C17H16N4O3S2/c1-7-6-25-15-12(7)17(23)24-14(19-15)9(3)18-13(22)11-5-10-8(2)20-21(4)16(10)26-11/h5-6,9H,1-4H3,(H,18,22)/t9-/m0/s1. The molecular formula is C17H16N4O3S2. The van der Waals surface area contributed by atoms with Gasteiger partial charge in [-0.3, -0.25) is 9.48 Å². The van der Waals surface area contributed by atoms with Gasteiger partial charge in [0.2, 0.25) is 5.89 Å². The van der Waals surface area contributed by atoms with Crippen LogP contribution in [0.3, 0.4) is 0 Å². The Morgan fingerprint density at radius 2 is 2.15 bits per heavy atom. The van der Waals surface area contributed by atoms with E-state index in [-0.39, 0.29) is 11.8 Å². The molecule has 0 aliphatic carbocycles. The Morgan fingerprint density at radius 1 is 1.38 bits per heavy atom. The average molecular weight is 388 g/mol. The highest BCUT2D eigenvalue weighted by Crippen LogP contribution is 2.28. The predicted octanol–water partition coefficient (Wildman–Crippen LogP) is 3.31. The number of nitrogens with zero attached hydrogens (tertiary/aromatic N) is 3. The Bertz CT molecular complexity index is 1180. The number of carbonyl (C=O) groups is 1. The molecule has 0 aliphatic heterocycles. The predicted molar refractivity (Wildman–Crippen MR) is 102 cm³/mol. The molecule has 1 N–H and O–H groups in total. The minimum atomic E-state index is -0.522. The number of thiophene rings is 2. The van der Waals surface area contributed by atoms with Crippen LogP contribution in [-0.2, 0) is 7.05 Å². The maximum Gasteiger partial charge on any atom is 0.348 e. The fourth-order valence-corrected chi connectivity index (χ4v) is 4.80. The van der Waals surface area contributed by atoms with Crippen LogP contribution in [0.15, 0.2) is 20.7 Å². The lowest BCUT2D eigenvalue weighted by atomic mass is 10.2. The largest absolute Gasteiger partial charge is 0.406 e. The third kappa shape index (κ3) is 2.63. The van der Waals surface area contributed by atoms with Crippen LogP contribution >= 0.6 is 22.7 Å². The summed E-state index contributed by atoms with van der Waals surface area (Å²) >= 11 is 2.77. The van der Waals surface area contributed by atoms with Crippen LogP contribution in [0.5, 0.6) is 0 Å². The zero-order chi connectivity index (χ0) is 18.6. The second-order valence-electron chi connectivity index (χ2n) is 6.17. The van der Waals surface area contributed by atoms with Crippen molar-refractivity contribution in [2.75, 3.05) is 0 Å². The molecule has 4 heterocycles. The average Bonchev–Trinajstić information content (AvgIpc) is 3.25. The lowest BCUT2D eigenvalue weighted by Gasteiger charge is -2.11. The quantitative estimate of drug-likeness (QED) is 0.581. The number of fused-ring (bicyclic) bond motifs is 2. The van der Waals surface area contributed by atoms with Crippen molar-refractivity contribution in [2.45, 2.75) is 26.8 Å². The number of rotatable bonds is 3. The van der Waals surface area contributed by atoms with Gasteiger partial charge in [0.05, 0.1) is 16.0 Å². The van der Waals surface area contributed by atoms with E-state index in [1.807, 2.05) is 32.3 Å². The third-order valence-corrected chi connectivity index (χ3v) is 6.40. The number of hydrogen-bond acceptors (Lipinski definition) is 7. The molecule has 0 aromatic carbocycles. The number of nitrogens with one attached hydrogen (secondary N) is 1. The number of hydrogen-bond donors (Lipinski definition) is 1. The van der Waals surface area contributed by atoms with Crippen molar-refractivity contribution in [1.82, 2.24) is 20.1 Å². The van der Waals surface area contributed by atoms with Gasteiger partial charge in [0.15, 0.2) is 0 Å². The van der Waals surface area contributed by atoms with Crippen LogP contribution in [-0.4, -0.2) is 20.7 Å². The molecule has 0 spiro atoms. The topological polar surface area (TPSA) is 90.0 Å². The Kier molecular flexibility index (Phi) is 3.92. The summed E-state index contributed by atoms with van der Waals surface area (Å²) in [4.78, 5) is 31.3. The number of aromatic nitrogens is 3. The lowest BCUT2D eigenvalue weighted by Crippen LogP contribution is -2.27. The molecule has 0 unspecified atom stereocenters. The Balaban J connectivity index is 1.62. The molecule has 4 rings (SSSR count). The van der Waals surface area contributed by atoms with Crippen molar-refractivity contribution < 1.29 is 9.21 Å². The van der Waals surface area contributed by atoms with Gasteiger partial charge < -0.3 is 9.73 Å². The molecule has 1 atom stereocenters. The molecule has 0 aliphatic rings. The van der Waals surface area contributed by atoms with Crippen LogP contribution in [0.25, 0.3) is 20.4 Å². The summed E-state index contributed by atoms with van der Waals surface area (Å²) in [5.41, 5.74) is 1.31. The summed E-state index contributed by atoms with van der Waals surface area (Å²) in [5, 5.41) is 10.5. The van der Waals surface area contributed by atoms with Crippen LogP contribution in [0, 0.1) is 13.8 Å². The van der Waals surface area contributed by atoms with E-state index in [0.717, 1.165) is 21.5 Å². The Morgan fingerprint density at radius 3 is 2.88 bits per heavy atom. The molecule has 0 radical (unpaired) electrons. The van der Waals surface area contributed by atoms with E-state index in [4.69, 9.17) is 4.42 Å². The normalized spacial score (nSPS) is 12.8. The second-order valence-corrected chi connectivity index (χ2v) is 8.06. The summed E-state index contributed by atoms with van der Waals surface area (Å²) in [6, 6.07) is 1.31. The van der Waals surface area contributed by atoms with E-state index in [2.05, 4.69) is 15.4 Å². The fourth-order valence-electron chi connectivity index (χ4n) is 2.86. The summed E-state index contributed by atoms with van der Waals surface area (Å²) in [5.74, 6) is -0.0262. The van der Waals surface area contributed by atoms with E-state index in [9.17, 15) is 9.59 Å². The first kappa shape index (κ1) is 16.9. The lowest BCUT2D eigenvalue weighted by molar-refractivity contribution is 0.0937. The van der Waals surface area contributed by atoms with Gasteiger partial charge in [-0.05, 0) is 37.8 Å². The molecule has 7 nitrogen and oxygen atoms in total. The molecule has 26 heavy (non-hydrogen) atoms. The number of amides is 1. The third-order valence-electron chi connectivity index (χ3n) is 4.21. The molecule has 4 aromatic heterocycles. The SMILES string of the molecule is Cc1nn(C)c2sc(C(=O)N[C@@H](C)c3nc4scc(C)c4c(=O)o3)cc12. The van der Waals surface area contributed by atoms with E-state index in [1.54, 1.807) is 11.6 Å². The maximum absolute atomic E-state index is 12.6. The van der Waals surface area contributed by atoms with Gasteiger partial charge in [0.1, 0.15) is 15.7 Å². The summed E-state index contributed by atoms with van der Waals surface area (Å²) in [6.07, 6.45) is 0. The van der Waals surface area contributed by atoms with Gasteiger partial charge in [-0.25, -0.2) is 9.78 Å².